The number of rotatable bonds is 5. The van der Waals surface area contributed by atoms with Gasteiger partial charge < -0.3 is 14.7 Å². The maximum absolute atomic E-state index is 12.1. The van der Waals surface area contributed by atoms with Crippen LogP contribution in [0.4, 0.5) is 0 Å². The number of nitrogens with two attached hydrogens (primary N) is 1. The van der Waals surface area contributed by atoms with Gasteiger partial charge in [-0.1, -0.05) is 0 Å². The summed E-state index contributed by atoms with van der Waals surface area (Å²) in [6.45, 7) is 1.79. The summed E-state index contributed by atoms with van der Waals surface area (Å²) in [5.74, 6) is 1.26. The van der Waals surface area contributed by atoms with Crippen LogP contribution in [0.2, 0.25) is 0 Å². The number of aryl methyl sites for hydroxylation is 2. The molecule has 8 nitrogen and oxygen atoms in total. The summed E-state index contributed by atoms with van der Waals surface area (Å²) in [5.41, 5.74) is 5.42. The molecule has 0 fully saturated rings. The van der Waals surface area contributed by atoms with Crippen molar-refractivity contribution in [3.05, 3.63) is 29.7 Å². The lowest BCUT2D eigenvalue weighted by Crippen LogP contribution is -2.25. The minimum Gasteiger partial charge on any atom is -0.464 e. The van der Waals surface area contributed by atoms with Crippen molar-refractivity contribution in [2.24, 2.45) is 12.8 Å². The lowest BCUT2D eigenvalue weighted by Gasteiger charge is -2.04. The molecule has 0 aromatic carbocycles. The Morgan fingerprint density at radius 1 is 1.53 bits per heavy atom. The molecule has 2 rings (SSSR count). The molecule has 2 aromatic heterocycles. The van der Waals surface area contributed by atoms with Crippen molar-refractivity contribution in [3.8, 4) is 0 Å². The van der Waals surface area contributed by atoms with Crippen LogP contribution >= 0.6 is 0 Å². The van der Waals surface area contributed by atoms with Gasteiger partial charge in [-0.05, 0) is 6.92 Å². The van der Waals surface area contributed by atoms with Crippen LogP contribution in [0, 0.1) is 6.92 Å². The third kappa shape index (κ3) is 2.83. The number of hydrogen-bond donors (Lipinski definition) is 2. The van der Waals surface area contributed by atoms with Gasteiger partial charge in [0, 0.05) is 13.1 Å². The van der Waals surface area contributed by atoms with Gasteiger partial charge in [0.1, 0.15) is 28.6 Å². The van der Waals surface area contributed by atoms with Crippen LogP contribution in [-0.2, 0) is 30.2 Å². The second kappa shape index (κ2) is 5.11. The molecule has 2 aromatic rings. The number of sulfonamides is 1. The maximum atomic E-state index is 12.1. The Bertz CT molecular complexity index is 673. The lowest BCUT2D eigenvalue weighted by molar-refractivity contribution is 0.478. The van der Waals surface area contributed by atoms with E-state index in [1.807, 2.05) is 0 Å². The molecule has 0 unspecified atom stereocenters. The molecule has 9 heteroatoms. The normalized spacial score (nSPS) is 11.9. The molecule has 0 aliphatic heterocycles. The summed E-state index contributed by atoms with van der Waals surface area (Å²) in [6.07, 6.45) is 1.50. The Morgan fingerprint density at radius 2 is 2.26 bits per heavy atom. The van der Waals surface area contributed by atoms with Crippen molar-refractivity contribution in [1.82, 2.24) is 19.5 Å². The first-order chi connectivity index (χ1) is 8.94. The third-order valence-electron chi connectivity index (χ3n) is 2.64. The quantitative estimate of drug-likeness (QED) is 0.776. The van der Waals surface area contributed by atoms with Gasteiger partial charge in [0.05, 0.1) is 13.1 Å². The molecule has 0 amide bonds. The van der Waals surface area contributed by atoms with Crippen LogP contribution in [0.5, 0.6) is 0 Å². The van der Waals surface area contributed by atoms with E-state index in [9.17, 15) is 8.42 Å². The first kappa shape index (κ1) is 13.7. The highest BCUT2D eigenvalue weighted by molar-refractivity contribution is 7.89. The van der Waals surface area contributed by atoms with E-state index in [0.717, 1.165) is 0 Å². The van der Waals surface area contributed by atoms with E-state index in [-0.39, 0.29) is 18.0 Å². The maximum Gasteiger partial charge on any atom is 0.244 e. The molecule has 0 bridgehead atoms. The van der Waals surface area contributed by atoms with Crippen molar-refractivity contribution in [1.29, 1.82) is 0 Å². The predicted octanol–water partition coefficient (Wildman–Crippen LogP) is -0.346. The Morgan fingerprint density at radius 3 is 2.79 bits per heavy atom. The van der Waals surface area contributed by atoms with Crippen LogP contribution in [0.1, 0.15) is 17.3 Å². The molecular weight excluding hydrogens is 270 g/mol. The van der Waals surface area contributed by atoms with Crippen molar-refractivity contribution in [2.45, 2.75) is 24.9 Å². The van der Waals surface area contributed by atoms with Gasteiger partial charge in [0.25, 0.3) is 0 Å². The molecule has 3 N–H and O–H groups in total. The topological polar surface area (TPSA) is 116 Å². The zero-order valence-electron chi connectivity index (χ0n) is 10.6. The van der Waals surface area contributed by atoms with Crippen molar-refractivity contribution in [2.75, 3.05) is 0 Å². The van der Waals surface area contributed by atoms with Gasteiger partial charge in [-0.25, -0.2) is 13.1 Å². The molecule has 0 spiro atoms. The van der Waals surface area contributed by atoms with Crippen LogP contribution < -0.4 is 10.5 Å². The smallest absolute Gasteiger partial charge is 0.244 e. The minimum atomic E-state index is -3.65. The molecule has 19 heavy (non-hydrogen) atoms. The predicted molar refractivity (Wildman–Crippen MR) is 66.4 cm³/mol. The van der Waals surface area contributed by atoms with E-state index in [0.29, 0.717) is 17.3 Å². The van der Waals surface area contributed by atoms with Crippen molar-refractivity contribution in [3.63, 3.8) is 0 Å². The summed E-state index contributed by atoms with van der Waals surface area (Å²) in [7, 11) is -1.92. The molecule has 0 saturated carbocycles. The van der Waals surface area contributed by atoms with Gasteiger partial charge in [-0.3, -0.25) is 0 Å². The zero-order chi connectivity index (χ0) is 14.0. The van der Waals surface area contributed by atoms with E-state index in [4.69, 9.17) is 10.2 Å². The fourth-order valence-corrected chi connectivity index (χ4v) is 2.78. The van der Waals surface area contributed by atoms with E-state index >= 15 is 0 Å². The SMILES string of the molecule is Cc1oc(CN)cc1S(=O)(=O)NCc1nncn1C. The minimum absolute atomic E-state index is 0.0570. The molecule has 0 atom stereocenters. The monoisotopic (exact) mass is 285 g/mol. The fraction of sp³-hybridized carbons (Fsp3) is 0.400. The highest BCUT2D eigenvalue weighted by Gasteiger charge is 2.21. The number of nitrogens with one attached hydrogen (secondary N) is 1. The first-order valence-electron chi connectivity index (χ1n) is 5.56. The second-order valence-electron chi connectivity index (χ2n) is 4.02. The largest absolute Gasteiger partial charge is 0.464 e. The number of hydrogen-bond acceptors (Lipinski definition) is 6. The van der Waals surface area contributed by atoms with Crippen LogP contribution in [-0.4, -0.2) is 23.2 Å². The standard InChI is InChI=1S/C10H15N5O3S/c1-7-9(3-8(4-11)18-7)19(16,17)13-5-10-14-12-6-15(10)2/h3,6,13H,4-5,11H2,1-2H3. The van der Waals surface area contributed by atoms with Crippen LogP contribution in [0.3, 0.4) is 0 Å². The fourth-order valence-electron chi connectivity index (χ4n) is 1.60. The van der Waals surface area contributed by atoms with E-state index in [1.54, 1.807) is 18.5 Å². The average Bonchev–Trinajstić information content (AvgIpc) is 2.93. The van der Waals surface area contributed by atoms with Crippen LogP contribution in [0.15, 0.2) is 21.7 Å². The third-order valence-corrected chi connectivity index (χ3v) is 4.15. The Hall–Kier alpha value is -1.71. The molecular formula is C10H15N5O3S. The molecule has 0 aliphatic rings. The summed E-state index contributed by atoms with van der Waals surface area (Å²) >= 11 is 0. The van der Waals surface area contributed by atoms with Gasteiger partial charge in [0.2, 0.25) is 10.0 Å². The van der Waals surface area contributed by atoms with Gasteiger partial charge >= 0.3 is 0 Å². The molecule has 0 radical (unpaired) electrons. The van der Waals surface area contributed by atoms with Crippen LogP contribution in [0.25, 0.3) is 0 Å². The van der Waals surface area contributed by atoms with Gasteiger partial charge in [0.15, 0.2) is 0 Å². The molecule has 0 saturated heterocycles. The Balaban J connectivity index is 2.18. The summed E-state index contributed by atoms with van der Waals surface area (Å²) in [4.78, 5) is 0.0927. The second-order valence-corrected chi connectivity index (χ2v) is 5.76. The Kier molecular flexibility index (Phi) is 3.69. The van der Waals surface area contributed by atoms with E-state index in [1.165, 1.54) is 12.4 Å². The number of furan rings is 1. The summed E-state index contributed by atoms with van der Waals surface area (Å²) in [6, 6.07) is 1.42. The zero-order valence-corrected chi connectivity index (χ0v) is 11.4. The van der Waals surface area contributed by atoms with Crippen molar-refractivity contribution < 1.29 is 12.8 Å². The summed E-state index contributed by atoms with van der Waals surface area (Å²) in [5, 5.41) is 7.47. The van der Waals surface area contributed by atoms with Gasteiger partial charge in [-0.15, -0.1) is 10.2 Å². The molecule has 104 valence electrons. The highest BCUT2D eigenvalue weighted by Crippen LogP contribution is 2.19. The molecule has 2 heterocycles. The Labute approximate surface area is 110 Å². The average molecular weight is 285 g/mol. The lowest BCUT2D eigenvalue weighted by atomic mass is 10.4. The number of nitrogens with zero attached hydrogens (tertiary/aromatic N) is 3. The first-order valence-corrected chi connectivity index (χ1v) is 7.04. The molecule has 0 aliphatic carbocycles. The van der Waals surface area contributed by atoms with Crippen molar-refractivity contribution >= 4 is 10.0 Å². The van der Waals surface area contributed by atoms with Gasteiger partial charge in [-0.2, -0.15) is 0 Å². The summed E-state index contributed by atoms with van der Waals surface area (Å²) < 4.78 is 33.6. The highest BCUT2D eigenvalue weighted by atomic mass is 32.2. The number of aromatic nitrogens is 3. The van der Waals surface area contributed by atoms with E-state index < -0.39 is 10.0 Å². The van der Waals surface area contributed by atoms with E-state index in [2.05, 4.69) is 14.9 Å².